The van der Waals surface area contributed by atoms with Crippen LogP contribution in [0.5, 0.6) is 0 Å². The lowest BCUT2D eigenvalue weighted by Gasteiger charge is -2.20. The first-order valence-electron chi connectivity index (χ1n) is 6.42. The van der Waals surface area contributed by atoms with Crippen molar-refractivity contribution >= 4 is 12.6 Å². The fourth-order valence-corrected chi connectivity index (χ4v) is 1.80. The summed E-state index contributed by atoms with van der Waals surface area (Å²) in [4.78, 5) is 2.26. The van der Waals surface area contributed by atoms with Gasteiger partial charge >= 0.3 is 7.12 Å². The third-order valence-corrected chi connectivity index (χ3v) is 2.86. The average molecular weight is 251 g/mol. The van der Waals surface area contributed by atoms with Gasteiger partial charge in [0.05, 0.1) is 6.61 Å². The van der Waals surface area contributed by atoms with Crippen LogP contribution in [-0.4, -0.2) is 48.4 Å². The molecule has 0 aliphatic heterocycles. The van der Waals surface area contributed by atoms with Gasteiger partial charge in [-0.3, -0.25) is 4.90 Å². The first-order valence-corrected chi connectivity index (χ1v) is 6.42. The van der Waals surface area contributed by atoms with Crippen molar-refractivity contribution in [2.24, 2.45) is 0 Å². The summed E-state index contributed by atoms with van der Waals surface area (Å²) in [5.41, 5.74) is 1.62. The van der Waals surface area contributed by atoms with Crippen molar-refractivity contribution in [3.05, 3.63) is 29.8 Å². The standard InChI is InChI=1S/C13H22BNO3/c1-3-15(8-9-18-4-2)11-12-6-5-7-13(10-12)14(16)17/h5-7,10,16-17H,3-4,8-9,11H2,1-2H3. The second kappa shape index (κ2) is 8.27. The summed E-state index contributed by atoms with van der Waals surface area (Å²) < 4.78 is 5.34. The zero-order valence-corrected chi connectivity index (χ0v) is 11.2. The SMILES string of the molecule is CCOCCN(CC)Cc1cccc(B(O)O)c1. The Morgan fingerprint density at radius 2 is 2.06 bits per heavy atom. The van der Waals surface area contributed by atoms with E-state index in [9.17, 15) is 0 Å². The molecule has 0 aromatic heterocycles. The van der Waals surface area contributed by atoms with Gasteiger partial charge in [-0.25, -0.2) is 0 Å². The molecule has 0 heterocycles. The van der Waals surface area contributed by atoms with E-state index < -0.39 is 7.12 Å². The van der Waals surface area contributed by atoms with E-state index in [1.807, 2.05) is 25.1 Å². The number of ether oxygens (including phenoxy) is 1. The van der Waals surface area contributed by atoms with E-state index in [-0.39, 0.29) is 0 Å². The second-order valence-electron chi connectivity index (χ2n) is 4.18. The predicted octanol–water partition coefficient (Wildman–Crippen LogP) is 0.225. The molecule has 0 unspecified atom stereocenters. The maximum Gasteiger partial charge on any atom is 0.488 e. The number of likely N-dealkylation sites (N-methyl/N-ethyl adjacent to an activating group) is 1. The van der Waals surface area contributed by atoms with Gasteiger partial charge in [-0.1, -0.05) is 31.2 Å². The van der Waals surface area contributed by atoms with Crippen LogP contribution < -0.4 is 5.46 Å². The number of rotatable bonds is 8. The topological polar surface area (TPSA) is 52.9 Å². The lowest BCUT2D eigenvalue weighted by atomic mass is 9.79. The minimum atomic E-state index is -1.40. The highest BCUT2D eigenvalue weighted by atomic mass is 16.5. The molecule has 0 fully saturated rings. The van der Waals surface area contributed by atoms with Gasteiger partial charge in [0.15, 0.2) is 0 Å². The zero-order chi connectivity index (χ0) is 13.4. The second-order valence-corrected chi connectivity index (χ2v) is 4.18. The van der Waals surface area contributed by atoms with E-state index in [4.69, 9.17) is 14.8 Å². The summed E-state index contributed by atoms with van der Waals surface area (Å²) in [6.07, 6.45) is 0. The zero-order valence-electron chi connectivity index (χ0n) is 11.2. The Bertz CT molecular complexity index is 347. The Morgan fingerprint density at radius 3 is 2.67 bits per heavy atom. The monoisotopic (exact) mass is 251 g/mol. The molecule has 0 spiro atoms. The molecule has 100 valence electrons. The third-order valence-electron chi connectivity index (χ3n) is 2.86. The molecule has 0 radical (unpaired) electrons. The molecular weight excluding hydrogens is 229 g/mol. The van der Waals surface area contributed by atoms with Gasteiger partial charge in [0, 0.05) is 19.7 Å². The van der Waals surface area contributed by atoms with Gasteiger partial charge < -0.3 is 14.8 Å². The first-order chi connectivity index (χ1) is 8.67. The van der Waals surface area contributed by atoms with E-state index in [1.54, 1.807) is 6.07 Å². The predicted molar refractivity (Wildman–Crippen MR) is 73.7 cm³/mol. The van der Waals surface area contributed by atoms with Crippen molar-refractivity contribution in [1.29, 1.82) is 0 Å². The van der Waals surface area contributed by atoms with Crippen molar-refractivity contribution in [2.75, 3.05) is 26.3 Å². The van der Waals surface area contributed by atoms with Gasteiger partial charge in [0.1, 0.15) is 0 Å². The molecule has 0 bridgehead atoms. The normalized spacial score (nSPS) is 10.9. The summed E-state index contributed by atoms with van der Waals surface area (Å²) in [6, 6.07) is 7.38. The Morgan fingerprint density at radius 1 is 1.28 bits per heavy atom. The maximum absolute atomic E-state index is 9.13. The minimum absolute atomic E-state index is 0.536. The molecule has 0 aliphatic rings. The van der Waals surface area contributed by atoms with E-state index >= 15 is 0 Å². The van der Waals surface area contributed by atoms with E-state index in [0.717, 1.165) is 38.4 Å². The first kappa shape index (κ1) is 15.2. The highest BCUT2D eigenvalue weighted by Crippen LogP contribution is 2.03. The van der Waals surface area contributed by atoms with Crippen molar-refractivity contribution in [3.63, 3.8) is 0 Å². The largest absolute Gasteiger partial charge is 0.488 e. The van der Waals surface area contributed by atoms with E-state index in [0.29, 0.717) is 5.46 Å². The van der Waals surface area contributed by atoms with Crippen LogP contribution in [0.2, 0.25) is 0 Å². The average Bonchev–Trinajstić information content (AvgIpc) is 2.38. The number of nitrogens with zero attached hydrogens (tertiary/aromatic N) is 1. The van der Waals surface area contributed by atoms with Crippen LogP contribution in [0.3, 0.4) is 0 Å². The van der Waals surface area contributed by atoms with Crippen LogP contribution in [0.1, 0.15) is 19.4 Å². The summed E-state index contributed by atoms with van der Waals surface area (Å²) in [6.45, 7) is 8.19. The minimum Gasteiger partial charge on any atom is -0.423 e. The van der Waals surface area contributed by atoms with Crippen molar-refractivity contribution in [1.82, 2.24) is 4.90 Å². The van der Waals surface area contributed by atoms with Gasteiger partial charge in [0.2, 0.25) is 0 Å². The molecule has 0 amide bonds. The van der Waals surface area contributed by atoms with E-state index in [1.165, 1.54) is 0 Å². The van der Waals surface area contributed by atoms with Crippen molar-refractivity contribution in [3.8, 4) is 0 Å². The third kappa shape index (κ3) is 5.18. The highest BCUT2D eigenvalue weighted by Gasteiger charge is 2.11. The van der Waals surface area contributed by atoms with Crippen LogP contribution >= 0.6 is 0 Å². The lowest BCUT2D eigenvalue weighted by molar-refractivity contribution is 0.113. The fraction of sp³-hybridized carbons (Fsp3) is 0.538. The smallest absolute Gasteiger partial charge is 0.423 e. The molecule has 0 aliphatic carbocycles. The van der Waals surface area contributed by atoms with Crippen LogP contribution in [0.25, 0.3) is 0 Å². The maximum atomic E-state index is 9.13. The molecule has 0 atom stereocenters. The molecule has 1 aromatic rings. The molecule has 1 rings (SSSR count). The van der Waals surface area contributed by atoms with Crippen LogP contribution in [0, 0.1) is 0 Å². The molecule has 1 aromatic carbocycles. The van der Waals surface area contributed by atoms with Crippen LogP contribution in [-0.2, 0) is 11.3 Å². The van der Waals surface area contributed by atoms with Gasteiger partial charge in [-0.2, -0.15) is 0 Å². The van der Waals surface area contributed by atoms with Crippen molar-refractivity contribution < 1.29 is 14.8 Å². The Hall–Kier alpha value is -0.875. The molecule has 0 saturated carbocycles. The van der Waals surface area contributed by atoms with E-state index in [2.05, 4.69) is 11.8 Å². The van der Waals surface area contributed by atoms with Gasteiger partial charge in [-0.15, -0.1) is 0 Å². The lowest BCUT2D eigenvalue weighted by Crippen LogP contribution is -2.31. The molecular formula is C13H22BNO3. The van der Waals surface area contributed by atoms with Crippen molar-refractivity contribution in [2.45, 2.75) is 20.4 Å². The fourth-order valence-electron chi connectivity index (χ4n) is 1.80. The molecule has 2 N–H and O–H groups in total. The quantitative estimate of drug-likeness (QED) is 0.513. The number of benzene rings is 1. The highest BCUT2D eigenvalue weighted by molar-refractivity contribution is 6.58. The molecule has 5 heteroatoms. The Kier molecular flexibility index (Phi) is 6.97. The molecule has 4 nitrogen and oxygen atoms in total. The summed E-state index contributed by atoms with van der Waals surface area (Å²) in [7, 11) is -1.40. The summed E-state index contributed by atoms with van der Waals surface area (Å²) in [5.74, 6) is 0. The molecule has 18 heavy (non-hydrogen) atoms. The van der Waals surface area contributed by atoms with Gasteiger partial charge in [0.25, 0.3) is 0 Å². The summed E-state index contributed by atoms with van der Waals surface area (Å²) in [5, 5.41) is 18.3. The van der Waals surface area contributed by atoms with Crippen LogP contribution in [0.15, 0.2) is 24.3 Å². The number of hydrogen-bond acceptors (Lipinski definition) is 4. The Balaban J connectivity index is 2.55. The molecule has 0 saturated heterocycles. The number of hydrogen-bond donors (Lipinski definition) is 2. The Labute approximate surface area is 109 Å². The van der Waals surface area contributed by atoms with Crippen LogP contribution in [0.4, 0.5) is 0 Å². The van der Waals surface area contributed by atoms with Gasteiger partial charge in [-0.05, 0) is 24.5 Å². The summed E-state index contributed by atoms with van der Waals surface area (Å²) >= 11 is 0.